The third-order valence-electron chi connectivity index (χ3n) is 0. The van der Waals surface area contributed by atoms with Crippen molar-refractivity contribution in [2.45, 2.75) is 0 Å². The fourth-order valence-corrected chi connectivity index (χ4v) is 0. The Morgan fingerprint density at radius 3 is 1.25 bits per heavy atom. The van der Waals surface area contributed by atoms with Crippen LogP contribution in [0.15, 0.2) is 0 Å². The molecule has 0 heterocycles. The summed E-state index contributed by atoms with van der Waals surface area (Å²) in [6, 6.07) is 0. The second-order valence-electron chi connectivity index (χ2n) is 0. The van der Waals surface area contributed by atoms with E-state index in [2.05, 4.69) is 0 Å². The van der Waals surface area contributed by atoms with E-state index < -0.39 is 0 Å². The zero-order valence-electron chi connectivity index (χ0n) is 2.83. The largest absolute Gasteiger partial charge is 1.00 e. The Balaban J connectivity index is 0. The van der Waals surface area contributed by atoms with Crippen molar-refractivity contribution in [2.75, 3.05) is 0 Å². The molecule has 0 unspecified atom stereocenters. The van der Waals surface area contributed by atoms with Gasteiger partial charge < -0.3 is 1.43 Å². The van der Waals surface area contributed by atoms with Gasteiger partial charge in [-0.15, -0.1) is 0 Å². The first-order valence-corrected chi connectivity index (χ1v) is 0. The van der Waals surface area contributed by atoms with Crippen molar-refractivity contribution < 1.29 is 68.2 Å². The molecule has 0 nitrogen and oxygen atoms in total. The summed E-state index contributed by atoms with van der Waals surface area (Å²) in [5, 5.41) is 0. The minimum Gasteiger partial charge on any atom is 0 e. The molecule has 0 saturated heterocycles. The minimum atomic E-state index is 0. The number of hydrogen-bond acceptors (Lipinski definition) is 0. The Kier molecular flexibility index (Phi) is 116. The first-order chi connectivity index (χ1) is 0. The normalized spacial score (nSPS) is 0. The van der Waals surface area contributed by atoms with Crippen LogP contribution in [0.3, 0.4) is 0 Å². The van der Waals surface area contributed by atoms with Crippen LogP contribution in [0.5, 0.6) is 0 Å². The van der Waals surface area contributed by atoms with Crippen LogP contribution >= 0.6 is 0 Å². The molecule has 0 aliphatic carbocycles. The molecular weight excluding hydrogens is 419 g/mol. The molecule has 4 heteroatoms. The van der Waals surface area contributed by atoms with Crippen molar-refractivity contribution in [1.29, 1.82) is 0 Å². The Labute approximate surface area is 92.3 Å². The second kappa shape index (κ2) is 16.6. The minimum absolute atomic E-state index is 0. The topological polar surface area (TPSA) is 0 Å². The Morgan fingerprint density at radius 1 is 1.25 bits per heavy atom. The molecule has 0 N–H and O–H groups in total. The average Bonchev–Trinajstić information content (AvgIpc) is 0. The summed E-state index contributed by atoms with van der Waals surface area (Å²) < 4.78 is 0. The summed E-state index contributed by atoms with van der Waals surface area (Å²) in [5.74, 6) is 0. The van der Waals surface area contributed by atoms with E-state index in [1.54, 1.807) is 0 Å². The Hall–Kier alpha value is 3.03. The predicted octanol–water partition coefficient (Wildman–Crippen LogP) is -4.07. The quantitative estimate of drug-likeness (QED) is 0.349. The van der Waals surface area contributed by atoms with Crippen LogP contribution in [0.4, 0.5) is 0 Å². The van der Waals surface area contributed by atoms with Crippen molar-refractivity contribution in [1.82, 2.24) is 0 Å². The van der Waals surface area contributed by atoms with E-state index in [9.17, 15) is 0 Å². The maximum absolute atomic E-state index is 0. The van der Waals surface area contributed by atoms with Gasteiger partial charge in [-0.2, -0.15) is 0 Å². The molecule has 21 valence electrons. The van der Waals surface area contributed by atoms with Gasteiger partial charge in [-0.1, -0.05) is 0 Å². The molecule has 4 heavy (non-hydrogen) atoms. The predicted molar refractivity (Wildman–Crippen MR) is 11.1 cm³/mol. The van der Waals surface area contributed by atoms with Crippen LogP contribution in [-0.4, -0.2) is 25.8 Å². The maximum Gasteiger partial charge on any atom is 1.00 e. The fraction of sp³-hybridized carbons (Fsp3) is 0. The SMILES string of the molecule is [Co].[H-].[InH3].[Li+].[U]. The first kappa shape index (κ1) is 27.9. The smallest absolute Gasteiger partial charge is 0 e. The molecule has 0 spiro atoms. The molecule has 1 radical (unpaired) electrons. The van der Waals surface area contributed by atoms with E-state index in [4.69, 9.17) is 0 Å². The number of hydrogen-bond donors (Lipinski definition) is 0. The summed E-state index contributed by atoms with van der Waals surface area (Å²) in [5.41, 5.74) is 0. The molecule has 0 atom stereocenters. The van der Waals surface area contributed by atoms with Crippen LogP contribution in [0, 0.1) is 31.1 Å². The van der Waals surface area contributed by atoms with Gasteiger partial charge in [0.05, 0.1) is 0 Å². The van der Waals surface area contributed by atoms with Gasteiger partial charge in [-0.05, 0) is 0 Å². The van der Waals surface area contributed by atoms with Gasteiger partial charge in [0.15, 0.2) is 0 Å². The molecule has 0 aromatic rings. The van der Waals surface area contributed by atoms with E-state index in [0.717, 1.165) is 0 Å². The van der Waals surface area contributed by atoms with Crippen molar-refractivity contribution in [2.24, 2.45) is 0 Å². The molecule has 0 aliphatic heterocycles. The standard InChI is InChI=1S/Co.In.Li.U.4H/q;;+1;;;;;-1. The zero-order valence-corrected chi connectivity index (χ0v) is 7.04. The van der Waals surface area contributed by atoms with Crippen molar-refractivity contribution in [3.63, 3.8) is 0 Å². The molecule has 0 rings (SSSR count). The third kappa shape index (κ3) is 8.90. The summed E-state index contributed by atoms with van der Waals surface area (Å²) >= 11 is 0. The van der Waals surface area contributed by atoms with Gasteiger partial charge in [0.1, 0.15) is 0 Å². The van der Waals surface area contributed by atoms with Gasteiger partial charge in [-0.3, -0.25) is 0 Å². The van der Waals surface area contributed by atoms with Crippen LogP contribution < -0.4 is 18.9 Å². The van der Waals surface area contributed by atoms with E-state index in [1.165, 1.54) is 0 Å². The molecule has 0 aliphatic rings. The molecule has 0 aromatic heterocycles. The van der Waals surface area contributed by atoms with Gasteiger partial charge in [0, 0.05) is 47.9 Å². The van der Waals surface area contributed by atoms with E-state index in [0.29, 0.717) is 0 Å². The molecule has 0 bridgehead atoms. The van der Waals surface area contributed by atoms with Crippen molar-refractivity contribution in [3.05, 3.63) is 0 Å². The van der Waals surface area contributed by atoms with Crippen LogP contribution in [-0.2, 0) is 16.8 Å². The van der Waals surface area contributed by atoms with E-state index >= 15 is 0 Å². The Bertz CT molecular complexity index is 11.6. The first-order valence-electron chi connectivity index (χ1n) is 0. The van der Waals surface area contributed by atoms with Gasteiger partial charge in [0.25, 0.3) is 0 Å². The maximum atomic E-state index is 0. The molecule has 0 fully saturated rings. The van der Waals surface area contributed by atoms with Gasteiger partial charge >= 0.3 is 44.7 Å². The molecular formula is H4CoInLiU. The Morgan fingerprint density at radius 2 is 1.25 bits per heavy atom. The zero-order chi connectivity index (χ0) is 0. The van der Waals surface area contributed by atoms with E-state index in [-0.39, 0.29) is 94.0 Å². The summed E-state index contributed by atoms with van der Waals surface area (Å²) in [6.07, 6.45) is 0. The van der Waals surface area contributed by atoms with Crippen LogP contribution in [0.2, 0.25) is 0 Å². The summed E-state index contributed by atoms with van der Waals surface area (Å²) in [4.78, 5) is 0. The number of rotatable bonds is 0. The van der Waals surface area contributed by atoms with Crippen LogP contribution in [0.1, 0.15) is 1.43 Å². The van der Waals surface area contributed by atoms with Gasteiger partial charge in [-0.25, -0.2) is 0 Å². The van der Waals surface area contributed by atoms with Crippen LogP contribution in [0.25, 0.3) is 0 Å². The van der Waals surface area contributed by atoms with Crippen molar-refractivity contribution in [3.8, 4) is 0 Å². The summed E-state index contributed by atoms with van der Waals surface area (Å²) in [6.45, 7) is 0. The monoisotopic (exact) mass is 423 g/mol. The van der Waals surface area contributed by atoms with Gasteiger partial charge in [0.2, 0.25) is 0 Å². The molecule has 0 amide bonds. The average molecular weight is 423 g/mol. The summed E-state index contributed by atoms with van der Waals surface area (Å²) in [7, 11) is 0. The molecule has 0 aromatic carbocycles. The third-order valence-corrected chi connectivity index (χ3v) is 0. The van der Waals surface area contributed by atoms with Crippen molar-refractivity contribution >= 4 is 25.8 Å². The molecule has 0 saturated carbocycles. The fourth-order valence-electron chi connectivity index (χ4n) is 0. The second-order valence-corrected chi connectivity index (χ2v) is 0. The van der Waals surface area contributed by atoms with E-state index in [1.807, 2.05) is 0 Å².